The molecule has 0 rings (SSSR count). The Kier molecular flexibility index (Phi) is 8.44. The third-order valence-electron chi connectivity index (χ3n) is 2.45. The molecule has 0 saturated carbocycles. The highest BCUT2D eigenvalue weighted by Gasteiger charge is 2.27. The molecule has 9 nitrogen and oxygen atoms in total. The van der Waals surface area contributed by atoms with Gasteiger partial charge in [-0.25, -0.2) is 9.59 Å². The molecule has 0 aliphatic heterocycles. The molecule has 2 atom stereocenters. The Morgan fingerprint density at radius 2 is 1.65 bits per heavy atom. The number of aliphatic carboxylic acids is 2. The van der Waals surface area contributed by atoms with Gasteiger partial charge in [-0.1, -0.05) is 0 Å². The molecule has 0 aromatic rings. The van der Waals surface area contributed by atoms with Gasteiger partial charge in [-0.3, -0.25) is 9.59 Å². The van der Waals surface area contributed by atoms with E-state index >= 15 is 0 Å². The molecule has 23 heavy (non-hydrogen) atoms. The van der Waals surface area contributed by atoms with Gasteiger partial charge in [0.2, 0.25) is 5.91 Å². The van der Waals surface area contributed by atoms with E-state index in [2.05, 4.69) is 23.3 Å². The van der Waals surface area contributed by atoms with Gasteiger partial charge < -0.3 is 25.6 Å². The van der Waals surface area contributed by atoms with Crippen molar-refractivity contribution in [3.05, 3.63) is 0 Å². The maximum atomic E-state index is 12.0. The second-order valence-electron chi connectivity index (χ2n) is 5.71. The van der Waals surface area contributed by atoms with Crippen molar-refractivity contribution in [2.24, 2.45) is 0 Å². The third kappa shape index (κ3) is 9.61. The van der Waals surface area contributed by atoms with Gasteiger partial charge in [-0.2, -0.15) is 12.6 Å². The van der Waals surface area contributed by atoms with E-state index in [1.165, 1.54) is 0 Å². The molecule has 10 heteroatoms. The maximum Gasteiger partial charge on any atom is 0.408 e. The van der Waals surface area contributed by atoms with Crippen LogP contribution in [-0.2, 0) is 19.1 Å². The number of carbonyl (C=O) groups excluding carboxylic acids is 2. The SMILES string of the molecule is CC(C)(C)OC(=O)N[C@@H](CS)C(=O)N[C@H](CCC(=O)O)C(=O)O. The fourth-order valence-corrected chi connectivity index (χ4v) is 1.70. The molecule has 0 unspecified atom stereocenters. The normalized spacial score (nSPS) is 13.6. The van der Waals surface area contributed by atoms with E-state index in [1.807, 2.05) is 0 Å². The zero-order valence-corrected chi connectivity index (χ0v) is 14.1. The second kappa shape index (κ2) is 9.23. The molecule has 0 fully saturated rings. The number of alkyl carbamates (subject to hydrolysis) is 1. The van der Waals surface area contributed by atoms with Crippen molar-refractivity contribution in [2.45, 2.75) is 51.3 Å². The first-order chi connectivity index (χ1) is 10.5. The molecule has 0 aliphatic carbocycles. The fraction of sp³-hybridized carbons (Fsp3) is 0.692. The molecule has 132 valence electrons. The first-order valence-corrected chi connectivity index (χ1v) is 7.45. The van der Waals surface area contributed by atoms with Gasteiger partial charge in [0.1, 0.15) is 17.7 Å². The molecule has 0 spiro atoms. The van der Waals surface area contributed by atoms with E-state index in [4.69, 9.17) is 14.9 Å². The van der Waals surface area contributed by atoms with E-state index in [9.17, 15) is 19.2 Å². The topological polar surface area (TPSA) is 142 Å². The van der Waals surface area contributed by atoms with Gasteiger partial charge in [-0.15, -0.1) is 0 Å². The van der Waals surface area contributed by atoms with Gasteiger partial charge in [0, 0.05) is 12.2 Å². The molecule has 0 aliphatic rings. The minimum absolute atomic E-state index is 0.0870. The Balaban J connectivity index is 4.70. The monoisotopic (exact) mass is 350 g/mol. The molecule has 0 radical (unpaired) electrons. The summed E-state index contributed by atoms with van der Waals surface area (Å²) in [7, 11) is 0. The Morgan fingerprint density at radius 3 is 2.04 bits per heavy atom. The molecular weight excluding hydrogens is 328 g/mol. The largest absolute Gasteiger partial charge is 0.481 e. The van der Waals surface area contributed by atoms with Crippen LogP contribution in [0.2, 0.25) is 0 Å². The molecule has 0 aromatic carbocycles. The van der Waals surface area contributed by atoms with Crippen LogP contribution in [0.1, 0.15) is 33.6 Å². The lowest BCUT2D eigenvalue weighted by Gasteiger charge is -2.23. The van der Waals surface area contributed by atoms with Gasteiger partial charge in [0.05, 0.1) is 0 Å². The minimum atomic E-state index is -1.37. The standard InChI is InChI=1S/C13H22N2O7S/c1-13(2,3)22-12(21)15-8(6-23)10(18)14-7(11(19)20)4-5-9(16)17/h7-8,23H,4-6H2,1-3H3,(H,14,18)(H,15,21)(H,16,17)(H,19,20)/t7-,8+/m1/s1. The second-order valence-corrected chi connectivity index (χ2v) is 6.08. The number of ether oxygens (including phenoxy) is 1. The lowest BCUT2D eigenvalue weighted by Crippen LogP contribution is -2.53. The lowest BCUT2D eigenvalue weighted by atomic mass is 10.1. The van der Waals surface area contributed by atoms with Crippen LogP contribution in [0, 0.1) is 0 Å². The van der Waals surface area contributed by atoms with Crippen LogP contribution >= 0.6 is 12.6 Å². The van der Waals surface area contributed by atoms with Crippen molar-refractivity contribution >= 4 is 36.6 Å². The van der Waals surface area contributed by atoms with Gasteiger partial charge in [-0.05, 0) is 27.2 Å². The zero-order chi connectivity index (χ0) is 18.2. The number of hydrogen-bond donors (Lipinski definition) is 5. The summed E-state index contributed by atoms with van der Waals surface area (Å²) in [4.78, 5) is 45.1. The number of amides is 2. The highest BCUT2D eigenvalue weighted by atomic mass is 32.1. The minimum Gasteiger partial charge on any atom is -0.481 e. The van der Waals surface area contributed by atoms with Crippen LogP contribution in [0.15, 0.2) is 0 Å². The third-order valence-corrected chi connectivity index (χ3v) is 2.82. The van der Waals surface area contributed by atoms with Crippen molar-refractivity contribution < 1.29 is 34.1 Å². The zero-order valence-electron chi connectivity index (χ0n) is 13.2. The summed E-state index contributed by atoms with van der Waals surface area (Å²) >= 11 is 3.93. The highest BCUT2D eigenvalue weighted by Crippen LogP contribution is 2.07. The first-order valence-electron chi connectivity index (χ1n) is 6.81. The summed E-state index contributed by atoms with van der Waals surface area (Å²) in [5.41, 5.74) is -0.757. The average Bonchev–Trinajstić information content (AvgIpc) is 2.37. The highest BCUT2D eigenvalue weighted by molar-refractivity contribution is 7.80. The maximum absolute atomic E-state index is 12.0. The number of carboxylic acid groups (broad SMARTS) is 2. The summed E-state index contributed by atoms with van der Waals surface area (Å²) in [6.45, 7) is 4.94. The number of carboxylic acids is 2. The number of thiol groups is 1. The summed E-state index contributed by atoms with van der Waals surface area (Å²) in [6.07, 6.45) is -1.53. The van der Waals surface area contributed by atoms with Crippen molar-refractivity contribution in [2.75, 3.05) is 5.75 Å². The summed E-state index contributed by atoms with van der Waals surface area (Å²) < 4.78 is 4.99. The van der Waals surface area contributed by atoms with Crippen molar-refractivity contribution in [1.29, 1.82) is 0 Å². The summed E-state index contributed by atoms with van der Waals surface area (Å²) in [5.74, 6) is -3.42. The molecule has 0 saturated heterocycles. The molecule has 2 amide bonds. The van der Waals surface area contributed by atoms with Crippen LogP contribution in [0.4, 0.5) is 4.79 Å². The number of carbonyl (C=O) groups is 4. The number of nitrogens with one attached hydrogen (secondary N) is 2. The van der Waals surface area contributed by atoms with Crippen LogP contribution in [0.5, 0.6) is 0 Å². The number of hydrogen-bond acceptors (Lipinski definition) is 6. The Bertz CT molecular complexity index is 462. The molecule has 0 heterocycles. The number of rotatable bonds is 8. The van der Waals surface area contributed by atoms with E-state index < -0.39 is 48.0 Å². The van der Waals surface area contributed by atoms with Crippen LogP contribution in [-0.4, -0.2) is 57.6 Å². The van der Waals surface area contributed by atoms with Gasteiger partial charge in [0.25, 0.3) is 0 Å². The van der Waals surface area contributed by atoms with E-state index in [0.29, 0.717) is 0 Å². The van der Waals surface area contributed by atoms with E-state index in [1.54, 1.807) is 20.8 Å². The Labute approximate surface area is 139 Å². The van der Waals surface area contributed by atoms with E-state index in [-0.39, 0.29) is 12.2 Å². The molecule has 4 N–H and O–H groups in total. The average molecular weight is 350 g/mol. The molecular formula is C13H22N2O7S. The summed E-state index contributed by atoms with van der Waals surface area (Å²) in [6, 6.07) is -2.48. The van der Waals surface area contributed by atoms with Gasteiger partial charge >= 0.3 is 18.0 Å². The van der Waals surface area contributed by atoms with Gasteiger partial charge in [0.15, 0.2) is 0 Å². The van der Waals surface area contributed by atoms with E-state index in [0.717, 1.165) is 0 Å². The van der Waals surface area contributed by atoms with Crippen LogP contribution < -0.4 is 10.6 Å². The molecule has 0 bridgehead atoms. The summed E-state index contributed by atoms with van der Waals surface area (Å²) in [5, 5.41) is 22.0. The predicted molar refractivity (Wildman–Crippen MR) is 83.4 cm³/mol. The quantitative estimate of drug-likeness (QED) is 0.395. The van der Waals surface area contributed by atoms with Crippen molar-refractivity contribution in [3.8, 4) is 0 Å². The molecule has 0 aromatic heterocycles. The first kappa shape index (κ1) is 21.0. The lowest BCUT2D eigenvalue weighted by molar-refractivity contribution is -0.143. The van der Waals surface area contributed by atoms with Crippen LogP contribution in [0.3, 0.4) is 0 Å². The van der Waals surface area contributed by atoms with Crippen LogP contribution in [0.25, 0.3) is 0 Å². The fourth-order valence-electron chi connectivity index (χ4n) is 1.44. The Morgan fingerprint density at radius 1 is 1.09 bits per heavy atom. The van der Waals surface area contributed by atoms with Crippen molar-refractivity contribution in [3.63, 3.8) is 0 Å². The smallest absolute Gasteiger partial charge is 0.408 e. The van der Waals surface area contributed by atoms with Crippen molar-refractivity contribution in [1.82, 2.24) is 10.6 Å². The predicted octanol–water partition coefficient (Wildman–Crippen LogP) is 0.244. The Hall–Kier alpha value is -1.97.